The summed E-state index contributed by atoms with van der Waals surface area (Å²) < 4.78 is 4.65. The molecule has 0 bridgehead atoms. The summed E-state index contributed by atoms with van der Waals surface area (Å²) in [5.41, 5.74) is 7.69. The largest absolute Gasteiger partial charge is 0.465 e. The van der Waals surface area contributed by atoms with Crippen LogP contribution in [0.1, 0.15) is 10.4 Å². The van der Waals surface area contributed by atoms with Crippen molar-refractivity contribution in [2.24, 2.45) is 0 Å². The molecule has 4 nitrogen and oxygen atoms in total. The van der Waals surface area contributed by atoms with Crippen LogP contribution in [-0.2, 0) is 4.74 Å². The van der Waals surface area contributed by atoms with Crippen LogP contribution < -0.4 is 5.73 Å². The fourth-order valence-electron chi connectivity index (χ4n) is 1.34. The van der Waals surface area contributed by atoms with Crippen molar-refractivity contribution in [2.45, 2.75) is 0 Å². The van der Waals surface area contributed by atoms with Crippen LogP contribution in [0.25, 0.3) is 11.3 Å². The second-order valence-corrected chi connectivity index (χ2v) is 4.03. The Morgan fingerprint density at radius 2 is 2.31 bits per heavy atom. The Hall–Kier alpha value is -1.88. The van der Waals surface area contributed by atoms with E-state index in [1.165, 1.54) is 18.4 Å². The van der Waals surface area contributed by atoms with Crippen molar-refractivity contribution in [1.82, 2.24) is 4.98 Å². The second-order valence-electron chi connectivity index (χ2n) is 3.14. The summed E-state index contributed by atoms with van der Waals surface area (Å²) in [5, 5.41) is 2.37. The maximum absolute atomic E-state index is 11.3. The summed E-state index contributed by atoms with van der Waals surface area (Å²) in [6.45, 7) is 0. The smallest absolute Gasteiger partial charge is 0.337 e. The Morgan fingerprint density at radius 1 is 1.50 bits per heavy atom. The van der Waals surface area contributed by atoms with Crippen molar-refractivity contribution in [1.29, 1.82) is 0 Å². The Bertz CT molecular complexity index is 522. The highest BCUT2D eigenvalue weighted by molar-refractivity contribution is 7.13. The molecule has 0 aliphatic rings. The van der Waals surface area contributed by atoms with Crippen LogP contribution in [-0.4, -0.2) is 18.1 Å². The molecule has 1 aromatic carbocycles. The zero-order chi connectivity index (χ0) is 11.5. The van der Waals surface area contributed by atoms with Crippen molar-refractivity contribution in [3.8, 4) is 11.3 Å². The zero-order valence-electron chi connectivity index (χ0n) is 8.64. The van der Waals surface area contributed by atoms with Crippen molar-refractivity contribution in [2.75, 3.05) is 12.8 Å². The fourth-order valence-corrected chi connectivity index (χ4v) is 1.92. The SMILES string of the molecule is COC(=O)c1cccc(-c2csc(N)n2)c1. The summed E-state index contributed by atoms with van der Waals surface area (Å²) in [6.07, 6.45) is 0. The Balaban J connectivity index is 2.39. The molecule has 82 valence electrons. The molecular weight excluding hydrogens is 224 g/mol. The quantitative estimate of drug-likeness (QED) is 0.809. The first kappa shape index (κ1) is 10.6. The van der Waals surface area contributed by atoms with E-state index in [4.69, 9.17) is 5.73 Å². The van der Waals surface area contributed by atoms with Crippen LogP contribution in [0.3, 0.4) is 0 Å². The molecule has 0 amide bonds. The van der Waals surface area contributed by atoms with E-state index in [-0.39, 0.29) is 5.97 Å². The molecule has 0 aliphatic heterocycles. The van der Waals surface area contributed by atoms with E-state index in [0.29, 0.717) is 10.7 Å². The molecule has 2 rings (SSSR count). The molecule has 1 aromatic heterocycles. The molecule has 0 spiro atoms. The van der Waals surface area contributed by atoms with Gasteiger partial charge < -0.3 is 10.5 Å². The highest BCUT2D eigenvalue weighted by atomic mass is 32.1. The van der Waals surface area contributed by atoms with Gasteiger partial charge in [-0.25, -0.2) is 9.78 Å². The van der Waals surface area contributed by atoms with Crippen LogP contribution in [0, 0.1) is 0 Å². The number of esters is 1. The van der Waals surface area contributed by atoms with Gasteiger partial charge in [0.15, 0.2) is 5.13 Å². The molecule has 0 atom stereocenters. The van der Waals surface area contributed by atoms with E-state index < -0.39 is 0 Å². The first-order valence-corrected chi connectivity index (χ1v) is 5.48. The van der Waals surface area contributed by atoms with Gasteiger partial charge in [0.1, 0.15) is 0 Å². The third kappa shape index (κ3) is 2.04. The average molecular weight is 234 g/mol. The van der Waals surface area contributed by atoms with E-state index in [2.05, 4.69) is 9.72 Å². The van der Waals surface area contributed by atoms with E-state index in [9.17, 15) is 4.79 Å². The number of benzene rings is 1. The minimum atomic E-state index is -0.356. The Kier molecular flexibility index (Phi) is 2.87. The molecule has 0 fully saturated rings. The van der Waals surface area contributed by atoms with Crippen molar-refractivity contribution in [3.05, 3.63) is 35.2 Å². The summed E-state index contributed by atoms with van der Waals surface area (Å²) in [4.78, 5) is 15.5. The number of nitrogen functional groups attached to an aromatic ring is 1. The van der Waals surface area contributed by atoms with Gasteiger partial charge in [0.05, 0.1) is 18.4 Å². The zero-order valence-corrected chi connectivity index (χ0v) is 9.45. The van der Waals surface area contributed by atoms with Crippen molar-refractivity contribution in [3.63, 3.8) is 0 Å². The number of nitrogens with zero attached hydrogens (tertiary/aromatic N) is 1. The molecule has 2 N–H and O–H groups in total. The van der Waals surface area contributed by atoms with Crippen molar-refractivity contribution < 1.29 is 9.53 Å². The molecule has 1 heterocycles. The van der Waals surface area contributed by atoms with Gasteiger partial charge in [0, 0.05) is 10.9 Å². The minimum absolute atomic E-state index is 0.356. The molecule has 2 aromatic rings. The molecule has 16 heavy (non-hydrogen) atoms. The van der Waals surface area contributed by atoms with Gasteiger partial charge in [0.25, 0.3) is 0 Å². The Labute approximate surface area is 96.7 Å². The molecule has 0 saturated carbocycles. The van der Waals surface area contributed by atoms with E-state index >= 15 is 0 Å². The number of carbonyl (C=O) groups is 1. The van der Waals surface area contributed by atoms with Gasteiger partial charge in [-0.2, -0.15) is 0 Å². The van der Waals surface area contributed by atoms with Crippen LogP contribution in [0.4, 0.5) is 5.13 Å². The van der Waals surface area contributed by atoms with Gasteiger partial charge >= 0.3 is 5.97 Å². The first-order chi connectivity index (χ1) is 7.70. The van der Waals surface area contributed by atoms with E-state index in [1.54, 1.807) is 18.2 Å². The number of hydrogen-bond donors (Lipinski definition) is 1. The third-order valence-corrected chi connectivity index (χ3v) is 2.78. The number of carbonyl (C=O) groups excluding carboxylic acids is 1. The number of thiazole rings is 1. The molecule has 0 saturated heterocycles. The number of aromatic nitrogens is 1. The summed E-state index contributed by atoms with van der Waals surface area (Å²) in [7, 11) is 1.36. The van der Waals surface area contributed by atoms with E-state index in [0.717, 1.165) is 11.3 Å². The molecule has 0 unspecified atom stereocenters. The Morgan fingerprint density at radius 3 is 2.94 bits per heavy atom. The van der Waals surface area contributed by atoms with Crippen LogP contribution in [0.2, 0.25) is 0 Å². The predicted octanol–water partition coefficient (Wildman–Crippen LogP) is 2.18. The van der Waals surface area contributed by atoms with Gasteiger partial charge in [-0.1, -0.05) is 12.1 Å². The lowest BCUT2D eigenvalue weighted by atomic mass is 10.1. The topological polar surface area (TPSA) is 65.2 Å². The molecule has 0 aliphatic carbocycles. The standard InChI is InChI=1S/C11H10N2O2S/c1-15-10(14)8-4-2-3-7(5-8)9-6-16-11(12)13-9/h2-6H,1H3,(H2,12,13). The fraction of sp³-hybridized carbons (Fsp3) is 0.0909. The predicted molar refractivity (Wildman–Crippen MR) is 63.3 cm³/mol. The van der Waals surface area contributed by atoms with Gasteiger partial charge in [0.2, 0.25) is 0 Å². The lowest BCUT2D eigenvalue weighted by Gasteiger charge is -2.01. The van der Waals surface area contributed by atoms with Gasteiger partial charge in [-0.3, -0.25) is 0 Å². The lowest BCUT2D eigenvalue weighted by molar-refractivity contribution is 0.0601. The summed E-state index contributed by atoms with van der Waals surface area (Å²) in [6, 6.07) is 7.10. The van der Waals surface area contributed by atoms with E-state index in [1.807, 2.05) is 11.4 Å². The van der Waals surface area contributed by atoms with Crippen LogP contribution >= 0.6 is 11.3 Å². The highest BCUT2D eigenvalue weighted by Gasteiger charge is 2.08. The lowest BCUT2D eigenvalue weighted by Crippen LogP contribution is -2.00. The monoisotopic (exact) mass is 234 g/mol. The highest BCUT2D eigenvalue weighted by Crippen LogP contribution is 2.23. The third-order valence-electron chi connectivity index (χ3n) is 2.10. The van der Waals surface area contributed by atoms with Gasteiger partial charge in [-0.15, -0.1) is 11.3 Å². The van der Waals surface area contributed by atoms with Crippen LogP contribution in [0.15, 0.2) is 29.6 Å². The number of ether oxygens (including phenoxy) is 1. The number of anilines is 1. The number of methoxy groups -OCH3 is 1. The molecule has 5 heteroatoms. The molecular formula is C11H10N2O2S. The van der Waals surface area contributed by atoms with Gasteiger partial charge in [-0.05, 0) is 12.1 Å². The summed E-state index contributed by atoms with van der Waals surface area (Å²) in [5.74, 6) is -0.356. The van der Waals surface area contributed by atoms with Crippen molar-refractivity contribution >= 4 is 22.4 Å². The number of hydrogen-bond acceptors (Lipinski definition) is 5. The number of rotatable bonds is 2. The first-order valence-electron chi connectivity index (χ1n) is 4.60. The normalized spacial score (nSPS) is 10.1. The number of nitrogens with two attached hydrogens (primary N) is 1. The maximum atomic E-state index is 11.3. The summed E-state index contributed by atoms with van der Waals surface area (Å²) >= 11 is 1.37. The molecule has 0 radical (unpaired) electrons. The minimum Gasteiger partial charge on any atom is -0.465 e. The maximum Gasteiger partial charge on any atom is 0.337 e. The average Bonchev–Trinajstić information content (AvgIpc) is 2.75. The van der Waals surface area contributed by atoms with Crippen LogP contribution in [0.5, 0.6) is 0 Å². The second kappa shape index (κ2) is 4.32.